The van der Waals surface area contributed by atoms with Crippen LogP contribution in [0.2, 0.25) is 0 Å². The van der Waals surface area contributed by atoms with Crippen LogP contribution >= 0.6 is 12.4 Å². The molecule has 5 rings (SSSR count). The molecule has 0 spiro atoms. The van der Waals surface area contributed by atoms with Gasteiger partial charge in [0, 0.05) is 50.1 Å². The van der Waals surface area contributed by atoms with E-state index in [9.17, 15) is 0 Å². The number of aryl methyl sites for hydroxylation is 2. The maximum atomic E-state index is 6.50. The molecule has 0 saturated carbocycles. The van der Waals surface area contributed by atoms with Crippen LogP contribution in [0.5, 0.6) is 11.5 Å². The molecule has 2 unspecified atom stereocenters. The smallest absolute Gasteiger partial charge is 0.142 e. The van der Waals surface area contributed by atoms with Crippen molar-refractivity contribution in [2.24, 2.45) is 5.90 Å². The monoisotopic (exact) mass is 535 g/mol. The van der Waals surface area contributed by atoms with Gasteiger partial charge in [-0.3, -0.25) is 0 Å². The lowest BCUT2D eigenvalue weighted by Gasteiger charge is -2.13. The van der Waals surface area contributed by atoms with Crippen LogP contribution in [-0.2, 0) is 9.47 Å². The normalized spacial score (nSPS) is 17.5. The van der Waals surface area contributed by atoms with Gasteiger partial charge in [0.1, 0.15) is 36.9 Å². The molecule has 11 heteroatoms. The third kappa shape index (κ3) is 7.67. The Kier molecular flexibility index (Phi) is 11.8. The lowest BCUT2D eigenvalue weighted by atomic mass is 10.2. The zero-order chi connectivity index (χ0) is 26.1. The number of nitrogens with zero attached hydrogens (tertiary/aromatic N) is 1. The van der Waals surface area contributed by atoms with Crippen molar-refractivity contribution in [1.82, 2.24) is 4.57 Å². The highest BCUT2D eigenvalue weighted by molar-refractivity contribution is 5.85. The number of fused-ring (bicyclic) bond motifs is 2. The average Bonchev–Trinajstić information content (AvgIpc) is 3.06. The number of nitrogen functional groups attached to an aromatic ring is 1. The summed E-state index contributed by atoms with van der Waals surface area (Å²) >= 11 is 0. The van der Waals surface area contributed by atoms with Gasteiger partial charge in [0.15, 0.2) is 0 Å². The number of halogens is 1. The van der Waals surface area contributed by atoms with E-state index in [1.165, 1.54) is 11.4 Å². The largest absolute Gasteiger partial charge is 0.489 e. The molecule has 2 aliphatic rings. The highest BCUT2D eigenvalue weighted by Gasteiger charge is 2.17. The van der Waals surface area contributed by atoms with Gasteiger partial charge < -0.3 is 45.1 Å². The first kappa shape index (κ1) is 30.1. The molecular weight excluding hydrogens is 498 g/mol. The molecule has 1 aromatic heterocycles. The van der Waals surface area contributed by atoms with Gasteiger partial charge in [0.2, 0.25) is 0 Å². The second-order valence-corrected chi connectivity index (χ2v) is 8.49. The summed E-state index contributed by atoms with van der Waals surface area (Å²) in [5.74, 6) is 5.22. The molecule has 0 amide bonds. The highest BCUT2D eigenvalue weighted by atomic mass is 35.5. The van der Waals surface area contributed by atoms with Crippen molar-refractivity contribution >= 4 is 29.5 Å². The van der Waals surface area contributed by atoms with Crippen molar-refractivity contribution in [2.75, 3.05) is 56.9 Å². The van der Waals surface area contributed by atoms with Crippen molar-refractivity contribution in [3.63, 3.8) is 0 Å². The number of hydrogen-bond acceptors (Lipinski definition) is 9. The van der Waals surface area contributed by atoms with Crippen molar-refractivity contribution in [3.05, 3.63) is 59.9 Å². The predicted molar refractivity (Wildman–Crippen MR) is 149 cm³/mol. The molecular formula is C26H38ClN5O5. The molecule has 2 aromatic carbocycles. The molecule has 0 bridgehead atoms. The Labute approximate surface area is 224 Å². The van der Waals surface area contributed by atoms with E-state index in [-0.39, 0.29) is 24.6 Å². The summed E-state index contributed by atoms with van der Waals surface area (Å²) in [6, 6.07) is 16.1. The number of nitrogens with two attached hydrogens (primary N) is 2. The maximum Gasteiger partial charge on any atom is 0.142 e. The highest BCUT2D eigenvalue weighted by Crippen LogP contribution is 2.31. The summed E-state index contributed by atoms with van der Waals surface area (Å²) in [5.41, 5.74) is 12.0. The third-order valence-corrected chi connectivity index (χ3v) is 6.05. The number of hydrogen-bond donors (Lipinski definition) is 5. The van der Waals surface area contributed by atoms with Gasteiger partial charge in [-0.05, 0) is 62.4 Å². The van der Waals surface area contributed by atoms with E-state index in [1.807, 2.05) is 24.3 Å². The number of nitrogens with one attached hydrogen (secondary N) is 2. The number of rotatable bonds is 3. The van der Waals surface area contributed by atoms with Crippen LogP contribution < -0.4 is 31.7 Å². The minimum atomic E-state index is 0. The molecule has 0 radical (unpaired) electrons. The molecule has 3 aromatic rings. The molecule has 10 nitrogen and oxygen atoms in total. The van der Waals surface area contributed by atoms with E-state index in [1.54, 1.807) is 14.2 Å². The van der Waals surface area contributed by atoms with Gasteiger partial charge in [-0.25, -0.2) is 5.90 Å². The van der Waals surface area contributed by atoms with Crippen molar-refractivity contribution in [2.45, 2.75) is 26.1 Å². The lowest BCUT2D eigenvalue weighted by Crippen LogP contribution is -2.25. The summed E-state index contributed by atoms with van der Waals surface area (Å²) in [5, 5.41) is 13.1. The van der Waals surface area contributed by atoms with E-state index in [0.717, 1.165) is 47.3 Å². The first-order valence-corrected chi connectivity index (χ1v) is 11.7. The van der Waals surface area contributed by atoms with Crippen LogP contribution in [0.25, 0.3) is 5.69 Å². The molecule has 2 atom stereocenters. The first-order chi connectivity index (χ1) is 17.5. The van der Waals surface area contributed by atoms with Crippen LogP contribution in [0.4, 0.5) is 17.1 Å². The first-order valence-electron chi connectivity index (χ1n) is 11.7. The quantitative estimate of drug-likeness (QED) is 0.250. The lowest BCUT2D eigenvalue weighted by molar-refractivity contribution is 0.0709. The van der Waals surface area contributed by atoms with E-state index >= 15 is 0 Å². The van der Waals surface area contributed by atoms with Gasteiger partial charge in [0.05, 0.1) is 11.4 Å². The van der Waals surface area contributed by atoms with E-state index in [0.29, 0.717) is 13.2 Å². The Morgan fingerprint density at radius 2 is 1.30 bits per heavy atom. The van der Waals surface area contributed by atoms with Crippen LogP contribution in [0.15, 0.2) is 48.5 Å². The minimum absolute atomic E-state index is 0. The Morgan fingerprint density at radius 1 is 0.811 bits per heavy atom. The zero-order valence-electron chi connectivity index (χ0n) is 21.7. The fourth-order valence-corrected chi connectivity index (χ4v) is 4.04. The van der Waals surface area contributed by atoms with Crippen molar-refractivity contribution in [1.29, 1.82) is 0 Å². The number of benzene rings is 2. The van der Waals surface area contributed by atoms with Crippen LogP contribution in [0.3, 0.4) is 0 Å². The van der Waals surface area contributed by atoms with E-state index < -0.39 is 0 Å². The zero-order valence-corrected chi connectivity index (χ0v) is 22.5. The average molecular weight is 536 g/mol. The van der Waals surface area contributed by atoms with E-state index in [2.05, 4.69) is 59.2 Å². The van der Waals surface area contributed by atoms with Crippen LogP contribution in [0.1, 0.15) is 11.4 Å². The Hall–Kier alpha value is -3.15. The number of methoxy groups -OCH3 is 2. The van der Waals surface area contributed by atoms with Crippen LogP contribution in [-0.4, -0.2) is 62.5 Å². The molecule has 0 aliphatic carbocycles. The second kappa shape index (κ2) is 14.6. The van der Waals surface area contributed by atoms with E-state index in [4.69, 9.17) is 29.9 Å². The van der Waals surface area contributed by atoms with Gasteiger partial charge in [-0.1, -0.05) is 0 Å². The second-order valence-electron chi connectivity index (χ2n) is 8.49. The van der Waals surface area contributed by atoms with Gasteiger partial charge in [-0.2, -0.15) is 0 Å². The summed E-state index contributed by atoms with van der Waals surface area (Å²) in [7, 11) is 3.39. The Bertz CT molecular complexity index is 1110. The molecule has 37 heavy (non-hydrogen) atoms. The Balaban J connectivity index is 0.000000250. The molecule has 2 aliphatic heterocycles. The molecule has 0 fully saturated rings. The van der Waals surface area contributed by atoms with Crippen LogP contribution in [0, 0.1) is 13.8 Å². The summed E-state index contributed by atoms with van der Waals surface area (Å²) in [6.07, 6.45) is 0.171. The summed E-state index contributed by atoms with van der Waals surface area (Å²) in [4.78, 5) is 0. The molecule has 204 valence electrons. The third-order valence-electron chi connectivity index (χ3n) is 6.05. The number of aromatic nitrogens is 1. The number of anilines is 3. The van der Waals surface area contributed by atoms with Crippen molar-refractivity contribution in [3.8, 4) is 17.2 Å². The van der Waals surface area contributed by atoms with Gasteiger partial charge in [0.25, 0.3) is 0 Å². The minimum Gasteiger partial charge on any atom is -0.489 e. The topological polar surface area (TPSA) is 138 Å². The fraction of sp³-hybridized carbons (Fsp3) is 0.385. The molecule has 0 saturated heterocycles. The summed E-state index contributed by atoms with van der Waals surface area (Å²) in [6.45, 7) is 6.88. The Morgan fingerprint density at radius 3 is 1.81 bits per heavy atom. The van der Waals surface area contributed by atoms with Crippen molar-refractivity contribution < 1.29 is 24.2 Å². The number of ether oxygens (including phenoxy) is 4. The standard InChI is InChI=1S/C16H20N2O2.C10H14N2O2.ClH.H3NO/c1-11-4-5-12(2)18(11)13-6-7-16-15(8-13)17-9-14(19-3)10-20-16;1-13-8-5-12-9-4-7(11)2-3-10(9)14-6-8;;1-2/h4-8,14,17H,9-10H2,1-3H3;2-4,8,12H,5-6,11H2,1H3;1H;2H,1H2. The SMILES string of the molecule is COC1CNc2cc(-n3c(C)ccc3C)ccc2OC1.COC1CNc2cc(N)ccc2OC1.Cl.NO. The maximum absolute atomic E-state index is 6.50. The van der Waals surface area contributed by atoms with Gasteiger partial charge >= 0.3 is 0 Å². The molecule has 7 N–H and O–H groups in total. The molecule has 3 heterocycles. The summed E-state index contributed by atoms with van der Waals surface area (Å²) < 4.78 is 24.2. The fourth-order valence-electron chi connectivity index (χ4n) is 4.04. The van der Waals surface area contributed by atoms with Gasteiger partial charge in [-0.15, -0.1) is 12.4 Å². The predicted octanol–water partition coefficient (Wildman–Crippen LogP) is 3.76.